The molecule has 84 valence electrons. The molecular weight excluding hydrogens is 230 g/mol. The van der Waals surface area contributed by atoms with Gasteiger partial charge in [-0.2, -0.15) is 0 Å². The molecule has 0 saturated carbocycles. The minimum absolute atomic E-state index is 0.200. The minimum Gasteiger partial charge on any atom is -0.398 e. The van der Waals surface area contributed by atoms with Crippen molar-refractivity contribution in [3.8, 4) is 0 Å². The average molecular weight is 246 g/mol. The third-order valence-corrected chi connectivity index (χ3v) is 4.35. The van der Waals surface area contributed by atoms with E-state index in [1.165, 1.54) is 0 Å². The Morgan fingerprint density at radius 2 is 2.00 bits per heavy atom. The number of halogens is 1. The highest BCUT2D eigenvalue weighted by Gasteiger charge is 2.19. The molecule has 1 unspecified atom stereocenters. The summed E-state index contributed by atoms with van der Waals surface area (Å²) < 4.78 is 11.7. The first-order chi connectivity index (χ1) is 6.80. The van der Waals surface area contributed by atoms with Gasteiger partial charge in [0.1, 0.15) is 0 Å². The fraction of sp³-hybridized carbons (Fsp3) is 0.455. The highest BCUT2D eigenvalue weighted by atomic mass is 35.5. The van der Waals surface area contributed by atoms with Gasteiger partial charge in [-0.25, -0.2) is 0 Å². The molecule has 1 aromatic rings. The second-order valence-corrected chi connectivity index (χ2v) is 7.07. The molecule has 0 radical (unpaired) electrons. The smallest absolute Gasteiger partial charge is 0.0635 e. The van der Waals surface area contributed by atoms with Crippen LogP contribution >= 0.6 is 11.6 Å². The van der Waals surface area contributed by atoms with Crippen LogP contribution in [0.15, 0.2) is 18.2 Å². The van der Waals surface area contributed by atoms with Crippen LogP contribution in [-0.4, -0.2) is 8.96 Å². The first-order valence-electron chi connectivity index (χ1n) is 4.73. The molecule has 1 aromatic carbocycles. The van der Waals surface area contributed by atoms with Crippen LogP contribution in [0.2, 0.25) is 5.02 Å². The van der Waals surface area contributed by atoms with Crippen LogP contribution in [0.1, 0.15) is 26.3 Å². The predicted molar refractivity (Wildman–Crippen MR) is 67.5 cm³/mol. The summed E-state index contributed by atoms with van der Waals surface area (Å²) in [6, 6.07) is 5.39. The molecule has 0 aliphatic carbocycles. The first-order valence-corrected chi connectivity index (χ1v) is 6.43. The molecule has 0 bridgehead atoms. The Kier molecular flexibility index (Phi) is 3.79. The lowest BCUT2D eigenvalue weighted by Crippen LogP contribution is -2.22. The molecule has 0 aromatic heterocycles. The molecule has 0 aliphatic rings. The number of anilines is 1. The van der Waals surface area contributed by atoms with Crippen molar-refractivity contribution in [3.63, 3.8) is 0 Å². The Balaban J connectivity index is 2.83. The Morgan fingerprint density at radius 3 is 2.47 bits per heavy atom. The molecule has 2 N–H and O–H groups in total. The van der Waals surface area contributed by atoms with E-state index in [1.54, 1.807) is 12.1 Å². The molecule has 0 amide bonds. The number of hydrogen-bond donors (Lipinski definition) is 1. The van der Waals surface area contributed by atoms with Crippen molar-refractivity contribution in [1.29, 1.82) is 0 Å². The van der Waals surface area contributed by atoms with Gasteiger partial charge in [-0.1, -0.05) is 17.7 Å². The molecule has 2 nitrogen and oxygen atoms in total. The number of rotatable bonds is 2. The van der Waals surface area contributed by atoms with Crippen LogP contribution in [0.25, 0.3) is 0 Å². The maximum atomic E-state index is 11.9. The molecule has 0 fully saturated rings. The molecule has 1 rings (SSSR count). The molecule has 4 heteroatoms. The van der Waals surface area contributed by atoms with Crippen LogP contribution in [0.3, 0.4) is 0 Å². The van der Waals surface area contributed by atoms with Crippen LogP contribution < -0.4 is 5.73 Å². The number of hydrogen-bond acceptors (Lipinski definition) is 2. The summed E-state index contributed by atoms with van der Waals surface area (Å²) in [6.07, 6.45) is 0. The highest BCUT2D eigenvalue weighted by molar-refractivity contribution is 7.85. The van der Waals surface area contributed by atoms with Gasteiger partial charge < -0.3 is 5.73 Å². The van der Waals surface area contributed by atoms with Crippen molar-refractivity contribution >= 4 is 28.1 Å². The summed E-state index contributed by atoms with van der Waals surface area (Å²) in [5.74, 6) is 0.519. The molecule has 15 heavy (non-hydrogen) atoms. The van der Waals surface area contributed by atoms with E-state index in [2.05, 4.69) is 0 Å². The molecule has 0 saturated heterocycles. The number of nitrogens with two attached hydrogens (primary N) is 1. The maximum absolute atomic E-state index is 11.9. The van der Waals surface area contributed by atoms with Crippen molar-refractivity contribution < 1.29 is 4.21 Å². The van der Waals surface area contributed by atoms with Gasteiger partial charge in [-0.3, -0.25) is 4.21 Å². The predicted octanol–water partition coefficient (Wildman–Crippen LogP) is 2.97. The lowest BCUT2D eigenvalue weighted by atomic mass is 10.2. The van der Waals surface area contributed by atoms with E-state index < -0.39 is 10.8 Å². The van der Waals surface area contributed by atoms with Crippen molar-refractivity contribution in [3.05, 3.63) is 28.8 Å². The second-order valence-electron chi connectivity index (χ2n) is 4.46. The lowest BCUT2D eigenvalue weighted by molar-refractivity contribution is 0.648. The highest BCUT2D eigenvalue weighted by Crippen LogP contribution is 2.22. The van der Waals surface area contributed by atoms with Crippen LogP contribution in [0.4, 0.5) is 5.69 Å². The van der Waals surface area contributed by atoms with Crippen molar-refractivity contribution in [2.24, 2.45) is 0 Å². The van der Waals surface area contributed by atoms with Crippen molar-refractivity contribution in [2.75, 3.05) is 5.73 Å². The lowest BCUT2D eigenvalue weighted by Gasteiger charge is -2.17. The summed E-state index contributed by atoms with van der Waals surface area (Å²) in [5.41, 5.74) is 7.18. The number of benzene rings is 1. The zero-order chi connectivity index (χ0) is 11.6. The minimum atomic E-state index is -0.902. The van der Waals surface area contributed by atoms with Crippen LogP contribution in [0, 0.1) is 0 Å². The van der Waals surface area contributed by atoms with Crippen LogP contribution in [0.5, 0.6) is 0 Å². The third kappa shape index (κ3) is 3.50. The summed E-state index contributed by atoms with van der Waals surface area (Å²) in [6.45, 7) is 5.88. The first kappa shape index (κ1) is 12.5. The topological polar surface area (TPSA) is 43.1 Å². The average Bonchev–Trinajstić information content (AvgIpc) is 2.10. The largest absolute Gasteiger partial charge is 0.398 e. The van der Waals surface area contributed by atoms with Crippen LogP contribution in [-0.2, 0) is 16.6 Å². The van der Waals surface area contributed by atoms with Gasteiger partial charge in [-0.05, 0) is 38.5 Å². The molecule has 0 heterocycles. The zero-order valence-electron chi connectivity index (χ0n) is 9.21. The fourth-order valence-corrected chi connectivity index (χ4v) is 2.08. The second kappa shape index (κ2) is 4.54. The summed E-state index contributed by atoms with van der Waals surface area (Å²) in [5, 5.41) is 0.542. The molecule has 0 aliphatic heterocycles. The standard InChI is InChI=1S/C11H16ClNOS/c1-11(2,3)15(14)7-8-4-5-9(12)10(13)6-8/h4-6H,7,13H2,1-3H3. The fourth-order valence-electron chi connectivity index (χ4n) is 1.05. The van der Waals surface area contributed by atoms with E-state index in [0.29, 0.717) is 16.5 Å². The Labute approximate surface area is 98.3 Å². The zero-order valence-corrected chi connectivity index (χ0v) is 10.8. The number of nitrogen functional groups attached to an aromatic ring is 1. The summed E-state index contributed by atoms with van der Waals surface area (Å²) >= 11 is 5.81. The van der Waals surface area contributed by atoms with Gasteiger partial charge >= 0.3 is 0 Å². The quantitative estimate of drug-likeness (QED) is 0.814. The summed E-state index contributed by atoms with van der Waals surface area (Å²) in [4.78, 5) is 0. The van der Waals surface area contributed by atoms with Gasteiger partial charge in [0.2, 0.25) is 0 Å². The Bertz CT molecular complexity index is 385. The SMILES string of the molecule is CC(C)(C)S(=O)Cc1ccc(Cl)c(N)c1. The normalized spacial score (nSPS) is 13.9. The van der Waals surface area contributed by atoms with E-state index in [9.17, 15) is 4.21 Å². The summed E-state index contributed by atoms with van der Waals surface area (Å²) in [7, 11) is -0.902. The van der Waals surface area contributed by atoms with Crippen molar-refractivity contribution in [1.82, 2.24) is 0 Å². The van der Waals surface area contributed by atoms with Gasteiger partial charge in [0.25, 0.3) is 0 Å². The maximum Gasteiger partial charge on any atom is 0.0635 e. The van der Waals surface area contributed by atoms with Gasteiger partial charge in [-0.15, -0.1) is 0 Å². The van der Waals surface area contributed by atoms with E-state index in [1.807, 2.05) is 26.8 Å². The Hall–Kier alpha value is -0.540. The van der Waals surface area contributed by atoms with Gasteiger partial charge in [0.05, 0.1) is 10.7 Å². The monoisotopic (exact) mass is 245 g/mol. The molecule has 1 atom stereocenters. The van der Waals surface area contributed by atoms with Gasteiger partial charge in [0, 0.05) is 21.3 Å². The van der Waals surface area contributed by atoms with E-state index in [0.717, 1.165) is 5.56 Å². The van der Waals surface area contributed by atoms with Gasteiger partial charge in [0.15, 0.2) is 0 Å². The van der Waals surface area contributed by atoms with E-state index >= 15 is 0 Å². The third-order valence-electron chi connectivity index (χ3n) is 2.04. The Morgan fingerprint density at radius 1 is 1.40 bits per heavy atom. The van der Waals surface area contributed by atoms with Crippen molar-refractivity contribution in [2.45, 2.75) is 31.3 Å². The molecule has 0 spiro atoms. The van der Waals surface area contributed by atoms with E-state index in [-0.39, 0.29) is 4.75 Å². The van der Waals surface area contributed by atoms with E-state index in [4.69, 9.17) is 17.3 Å². The molecular formula is C11H16ClNOS.